The fraction of sp³-hybridized carbons (Fsp3) is 0.538. The van der Waals surface area contributed by atoms with Crippen molar-refractivity contribution in [3.63, 3.8) is 0 Å². The molecule has 1 nitrogen and oxygen atoms in total. The highest BCUT2D eigenvalue weighted by molar-refractivity contribution is 5.24. The van der Waals surface area contributed by atoms with Crippen LogP contribution in [0.4, 0.5) is 4.39 Å². The molecule has 2 rings (SSSR count). The number of rotatable bonds is 1. The van der Waals surface area contributed by atoms with Gasteiger partial charge >= 0.3 is 0 Å². The second-order valence-electron chi connectivity index (χ2n) is 4.66. The summed E-state index contributed by atoms with van der Waals surface area (Å²) >= 11 is 0. The molecule has 1 fully saturated rings. The van der Waals surface area contributed by atoms with Gasteiger partial charge in [0.05, 0.1) is 0 Å². The van der Waals surface area contributed by atoms with Crippen LogP contribution in [0.15, 0.2) is 24.3 Å². The monoisotopic (exact) mass is 207 g/mol. The molecular weight excluding hydrogens is 189 g/mol. The topological polar surface area (TPSA) is 3.24 Å². The van der Waals surface area contributed by atoms with Crippen LogP contribution in [0.1, 0.15) is 31.7 Å². The summed E-state index contributed by atoms with van der Waals surface area (Å²) in [4.78, 5) is 2.38. The molecule has 0 bridgehead atoms. The molecule has 1 atom stereocenters. The summed E-state index contributed by atoms with van der Waals surface area (Å²) in [5.74, 6) is -0.152. The van der Waals surface area contributed by atoms with E-state index in [4.69, 9.17) is 0 Å². The summed E-state index contributed by atoms with van der Waals surface area (Å²) in [6.45, 7) is 3.38. The first kappa shape index (κ1) is 10.6. The minimum absolute atomic E-state index is 0.0892. The van der Waals surface area contributed by atoms with Gasteiger partial charge in [-0.05, 0) is 51.1 Å². The number of likely N-dealkylation sites (tertiary alicyclic amines) is 1. The van der Waals surface area contributed by atoms with Crippen LogP contribution in [0.5, 0.6) is 0 Å². The van der Waals surface area contributed by atoms with E-state index in [2.05, 4.69) is 18.9 Å². The van der Waals surface area contributed by atoms with Gasteiger partial charge in [-0.15, -0.1) is 0 Å². The van der Waals surface area contributed by atoms with Crippen LogP contribution >= 0.6 is 0 Å². The Hall–Kier alpha value is -0.890. The largest absolute Gasteiger partial charge is 0.297 e. The molecule has 0 saturated carbocycles. The first-order chi connectivity index (χ1) is 7.13. The van der Waals surface area contributed by atoms with Crippen molar-refractivity contribution in [2.45, 2.75) is 31.7 Å². The van der Waals surface area contributed by atoms with Crippen molar-refractivity contribution in [1.29, 1.82) is 0 Å². The molecule has 1 aliphatic heterocycles. The Morgan fingerprint density at radius 1 is 1.20 bits per heavy atom. The minimum atomic E-state index is -0.152. The van der Waals surface area contributed by atoms with E-state index < -0.39 is 0 Å². The smallest absolute Gasteiger partial charge is 0.123 e. The second kappa shape index (κ2) is 3.93. The van der Waals surface area contributed by atoms with Crippen molar-refractivity contribution in [3.8, 4) is 0 Å². The van der Waals surface area contributed by atoms with Crippen molar-refractivity contribution < 1.29 is 4.39 Å². The van der Waals surface area contributed by atoms with E-state index in [0.29, 0.717) is 0 Å². The number of piperidine rings is 1. The van der Waals surface area contributed by atoms with Crippen molar-refractivity contribution in [1.82, 2.24) is 4.90 Å². The average molecular weight is 207 g/mol. The highest BCUT2D eigenvalue weighted by Gasteiger charge is 2.33. The molecule has 15 heavy (non-hydrogen) atoms. The van der Waals surface area contributed by atoms with Crippen molar-refractivity contribution in [2.75, 3.05) is 13.6 Å². The Kier molecular flexibility index (Phi) is 2.79. The van der Waals surface area contributed by atoms with E-state index in [1.807, 2.05) is 12.1 Å². The molecule has 2 heteroatoms. The molecule has 0 aromatic heterocycles. The second-order valence-corrected chi connectivity index (χ2v) is 4.66. The maximum absolute atomic E-state index is 12.9. The average Bonchev–Trinajstić information content (AvgIpc) is 2.23. The Labute approximate surface area is 90.9 Å². The fourth-order valence-corrected chi connectivity index (χ4v) is 2.43. The SMILES string of the molecule is CN1CCCCC1(C)c1ccc(F)cc1. The van der Waals surface area contributed by atoms with Gasteiger partial charge in [-0.3, -0.25) is 4.90 Å². The highest BCUT2D eigenvalue weighted by atomic mass is 19.1. The van der Waals surface area contributed by atoms with E-state index >= 15 is 0 Å². The zero-order valence-corrected chi connectivity index (χ0v) is 9.46. The third kappa shape index (κ3) is 1.91. The molecule has 0 radical (unpaired) electrons. The molecule has 0 aliphatic carbocycles. The minimum Gasteiger partial charge on any atom is -0.297 e. The van der Waals surface area contributed by atoms with E-state index in [1.165, 1.54) is 18.4 Å². The van der Waals surface area contributed by atoms with Crippen LogP contribution in [-0.2, 0) is 5.54 Å². The van der Waals surface area contributed by atoms with Gasteiger partial charge in [-0.2, -0.15) is 0 Å². The number of benzene rings is 1. The molecule has 1 unspecified atom stereocenters. The first-order valence-electron chi connectivity index (χ1n) is 5.60. The normalized spacial score (nSPS) is 27.9. The third-order valence-corrected chi connectivity index (χ3v) is 3.72. The van der Waals surface area contributed by atoms with Gasteiger partial charge in [0, 0.05) is 5.54 Å². The number of halogens is 1. The van der Waals surface area contributed by atoms with E-state index in [9.17, 15) is 4.39 Å². The predicted octanol–water partition coefficient (Wildman–Crippen LogP) is 3.16. The summed E-state index contributed by atoms with van der Waals surface area (Å²) in [7, 11) is 2.16. The van der Waals surface area contributed by atoms with Gasteiger partial charge in [0.15, 0.2) is 0 Å². The molecule has 0 N–H and O–H groups in total. The fourth-order valence-electron chi connectivity index (χ4n) is 2.43. The Morgan fingerprint density at radius 2 is 1.87 bits per heavy atom. The maximum Gasteiger partial charge on any atom is 0.123 e. The summed E-state index contributed by atoms with van der Waals surface area (Å²) in [6.07, 6.45) is 3.70. The molecule has 1 saturated heterocycles. The molecule has 1 heterocycles. The lowest BCUT2D eigenvalue weighted by Gasteiger charge is -2.43. The lowest BCUT2D eigenvalue weighted by molar-refractivity contribution is 0.0885. The Bertz CT molecular complexity index is 333. The molecule has 1 aromatic rings. The third-order valence-electron chi connectivity index (χ3n) is 3.72. The van der Waals surface area contributed by atoms with E-state index in [1.54, 1.807) is 12.1 Å². The summed E-state index contributed by atoms with van der Waals surface area (Å²) in [5.41, 5.74) is 1.32. The Balaban J connectivity index is 2.30. The van der Waals surface area contributed by atoms with Crippen LogP contribution in [-0.4, -0.2) is 18.5 Å². The predicted molar refractivity (Wildman–Crippen MR) is 60.2 cm³/mol. The van der Waals surface area contributed by atoms with E-state index in [0.717, 1.165) is 13.0 Å². The quantitative estimate of drug-likeness (QED) is 0.683. The summed E-state index contributed by atoms with van der Waals surface area (Å²) in [5, 5.41) is 0. The molecular formula is C13H18FN. The van der Waals surface area contributed by atoms with Crippen LogP contribution in [0, 0.1) is 5.82 Å². The van der Waals surface area contributed by atoms with Crippen LogP contribution in [0.3, 0.4) is 0 Å². The van der Waals surface area contributed by atoms with Crippen molar-refractivity contribution in [2.24, 2.45) is 0 Å². The molecule has 0 amide bonds. The van der Waals surface area contributed by atoms with Gasteiger partial charge in [0.25, 0.3) is 0 Å². The molecule has 0 spiro atoms. The lowest BCUT2D eigenvalue weighted by atomic mass is 9.82. The highest BCUT2D eigenvalue weighted by Crippen LogP contribution is 2.35. The Morgan fingerprint density at radius 3 is 2.47 bits per heavy atom. The lowest BCUT2D eigenvalue weighted by Crippen LogP contribution is -2.44. The summed E-state index contributed by atoms with van der Waals surface area (Å²) < 4.78 is 12.9. The standard InChI is InChI=1S/C13H18FN/c1-13(9-3-4-10-15(13)2)11-5-7-12(14)8-6-11/h5-8H,3-4,9-10H2,1-2H3. The maximum atomic E-state index is 12.9. The van der Waals surface area contributed by atoms with Crippen LogP contribution in [0.25, 0.3) is 0 Å². The molecule has 1 aromatic carbocycles. The number of hydrogen-bond acceptors (Lipinski definition) is 1. The summed E-state index contributed by atoms with van der Waals surface area (Å²) in [6, 6.07) is 6.94. The van der Waals surface area contributed by atoms with Crippen LogP contribution in [0.2, 0.25) is 0 Å². The van der Waals surface area contributed by atoms with Gasteiger partial charge in [-0.1, -0.05) is 18.6 Å². The van der Waals surface area contributed by atoms with Gasteiger partial charge in [0.1, 0.15) is 5.82 Å². The van der Waals surface area contributed by atoms with Gasteiger partial charge in [0.2, 0.25) is 0 Å². The molecule has 82 valence electrons. The van der Waals surface area contributed by atoms with Crippen molar-refractivity contribution >= 4 is 0 Å². The van der Waals surface area contributed by atoms with Crippen molar-refractivity contribution in [3.05, 3.63) is 35.6 Å². The van der Waals surface area contributed by atoms with E-state index in [-0.39, 0.29) is 11.4 Å². The van der Waals surface area contributed by atoms with Crippen LogP contribution < -0.4 is 0 Å². The first-order valence-corrected chi connectivity index (χ1v) is 5.60. The number of hydrogen-bond donors (Lipinski definition) is 0. The zero-order chi connectivity index (χ0) is 10.9. The van der Waals surface area contributed by atoms with Gasteiger partial charge in [-0.25, -0.2) is 4.39 Å². The van der Waals surface area contributed by atoms with Gasteiger partial charge < -0.3 is 0 Å². The number of nitrogens with zero attached hydrogens (tertiary/aromatic N) is 1. The zero-order valence-electron chi connectivity index (χ0n) is 9.46. The molecule has 1 aliphatic rings.